The average molecular weight is 172 g/mol. The minimum absolute atomic E-state index is 0.177. The highest BCUT2D eigenvalue weighted by atomic mass is 14.6. The summed E-state index contributed by atoms with van der Waals surface area (Å²) >= 11 is 0. The third kappa shape index (κ3) is 1.43. The molecule has 0 fully saturated rings. The van der Waals surface area contributed by atoms with Gasteiger partial charge in [0, 0.05) is 6.04 Å². The van der Waals surface area contributed by atoms with Crippen LogP contribution in [0.4, 0.5) is 0 Å². The van der Waals surface area contributed by atoms with Crippen LogP contribution < -0.4 is 5.73 Å². The van der Waals surface area contributed by atoms with Gasteiger partial charge < -0.3 is 5.73 Å². The first-order chi connectivity index (χ1) is 6.31. The molecule has 0 saturated heterocycles. The second kappa shape index (κ2) is 3.20. The van der Waals surface area contributed by atoms with Gasteiger partial charge in [-0.15, -0.1) is 0 Å². The molecule has 0 bridgehead atoms. The van der Waals surface area contributed by atoms with E-state index in [-0.39, 0.29) is 6.04 Å². The van der Waals surface area contributed by atoms with Crippen molar-refractivity contribution in [3.63, 3.8) is 0 Å². The van der Waals surface area contributed by atoms with Crippen LogP contribution in [0.5, 0.6) is 0 Å². The molecule has 1 aromatic rings. The number of nitrogens with zero attached hydrogens (tertiary/aromatic N) is 1. The topological polar surface area (TPSA) is 49.8 Å². The minimum Gasteiger partial charge on any atom is -0.324 e. The fourth-order valence-electron chi connectivity index (χ4n) is 1.92. The van der Waals surface area contributed by atoms with Crippen LogP contribution >= 0.6 is 0 Å². The van der Waals surface area contributed by atoms with Crippen LogP contribution in [-0.2, 0) is 6.42 Å². The van der Waals surface area contributed by atoms with Crippen LogP contribution in [0, 0.1) is 11.3 Å². The Kier molecular flexibility index (Phi) is 2.03. The smallest absolute Gasteiger partial charge is 0.0991 e. The largest absolute Gasteiger partial charge is 0.324 e. The summed E-state index contributed by atoms with van der Waals surface area (Å²) in [5.41, 5.74) is 9.19. The van der Waals surface area contributed by atoms with Gasteiger partial charge in [0.05, 0.1) is 11.6 Å². The third-order valence-corrected chi connectivity index (χ3v) is 2.63. The zero-order valence-corrected chi connectivity index (χ0v) is 7.46. The Bertz CT molecular complexity index is 363. The molecule has 0 unspecified atom stereocenters. The van der Waals surface area contributed by atoms with E-state index in [0.717, 1.165) is 24.8 Å². The van der Waals surface area contributed by atoms with Crippen LogP contribution in [0.25, 0.3) is 0 Å². The van der Waals surface area contributed by atoms with Gasteiger partial charge in [0.25, 0.3) is 0 Å². The number of nitriles is 1. The number of rotatable bonds is 0. The lowest BCUT2D eigenvalue weighted by atomic mass is 9.87. The van der Waals surface area contributed by atoms with Crippen molar-refractivity contribution in [3.8, 4) is 6.07 Å². The molecular weight excluding hydrogens is 160 g/mol. The summed E-state index contributed by atoms with van der Waals surface area (Å²) in [4.78, 5) is 0. The van der Waals surface area contributed by atoms with E-state index >= 15 is 0 Å². The molecule has 2 nitrogen and oxygen atoms in total. The number of hydrogen-bond acceptors (Lipinski definition) is 2. The zero-order chi connectivity index (χ0) is 9.26. The molecule has 0 heterocycles. The average Bonchev–Trinajstić information content (AvgIpc) is 2.18. The second-order valence-electron chi connectivity index (χ2n) is 3.52. The third-order valence-electron chi connectivity index (χ3n) is 2.63. The van der Waals surface area contributed by atoms with Crippen LogP contribution in [0.2, 0.25) is 0 Å². The lowest BCUT2D eigenvalue weighted by Gasteiger charge is -2.21. The van der Waals surface area contributed by atoms with Crippen molar-refractivity contribution in [1.29, 1.82) is 5.26 Å². The van der Waals surface area contributed by atoms with Crippen LogP contribution in [0.15, 0.2) is 18.2 Å². The Morgan fingerprint density at radius 1 is 1.46 bits per heavy atom. The predicted molar refractivity (Wildman–Crippen MR) is 51.0 cm³/mol. The summed E-state index contributed by atoms with van der Waals surface area (Å²) in [6.07, 6.45) is 3.28. The van der Waals surface area contributed by atoms with E-state index in [0.29, 0.717) is 0 Å². The summed E-state index contributed by atoms with van der Waals surface area (Å²) in [6.45, 7) is 0. The van der Waals surface area contributed by atoms with Crippen LogP contribution in [0.1, 0.15) is 35.6 Å². The molecule has 66 valence electrons. The monoisotopic (exact) mass is 172 g/mol. The van der Waals surface area contributed by atoms with Crippen molar-refractivity contribution in [2.45, 2.75) is 25.3 Å². The summed E-state index contributed by atoms with van der Waals surface area (Å²) in [6, 6.07) is 8.14. The first-order valence-corrected chi connectivity index (χ1v) is 4.60. The van der Waals surface area contributed by atoms with E-state index in [1.807, 2.05) is 18.2 Å². The highest BCUT2D eigenvalue weighted by Crippen LogP contribution is 2.28. The molecule has 0 spiro atoms. The van der Waals surface area contributed by atoms with Gasteiger partial charge in [-0.1, -0.05) is 6.07 Å². The van der Waals surface area contributed by atoms with E-state index in [2.05, 4.69) is 6.07 Å². The van der Waals surface area contributed by atoms with Gasteiger partial charge in [0.15, 0.2) is 0 Å². The predicted octanol–water partition coefficient (Wildman–Crippen LogP) is 1.89. The molecule has 0 radical (unpaired) electrons. The Labute approximate surface area is 78.0 Å². The van der Waals surface area contributed by atoms with E-state index < -0.39 is 0 Å². The quantitative estimate of drug-likeness (QED) is 0.649. The Morgan fingerprint density at radius 2 is 2.31 bits per heavy atom. The molecule has 0 saturated carbocycles. The molecule has 13 heavy (non-hydrogen) atoms. The van der Waals surface area contributed by atoms with Crippen molar-refractivity contribution in [2.75, 3.05) is 0 Å². The number of benzene rings is 1. The molecule has 1 atom stereocenters. The van der Waals surface area contributed by atoms with Crippen molar-refractivity contribution in [3.05, 3.63) is 34.9 Å². The highest BCUT2D eigenvalue weighted by Gasteiger charge is 2.16. The van der Waals surface area contributed by atoms with Crippen LogP contribution in [-0.4, -0.2) is 0 Å². The van der Waals surface area contributed by atoms with E-state index in [1.165, 1.54) is 11.1 Å². The van der Waals surface area contributed by atoms with E-state index in [4.69, 9.17) is 11.0 Å². The van der Waals surface area contributed by atoms with E-state index in [9.17, 15) is 0 Å². The summed E-state index contributed by atoms with van der Waals surface area (Å²) < 4.78 is 0. The molecule has 1 aliphatic carbocycles. The summed E-state index contributed by atoms with van der Waals surface area (Å²) in [5.74, 6) is 0. The van der Waals surface area contributed by atoms with Gasteiger partial charge in [0.1, 0.15) is 0 Å². The van der Waals surface area contributed by atoms with Gasteiger partial charge >= 0.3 is 0 Å². The van der Waals surface area contributed by atoms with Gasteiger partial charge in [-0.2, -0.15) is 5.26 Å². The number of nitrogens with two attached hydrogens (primary N) is 1. The number of aryl methyl sites for hydroxylation is 1. The fourth-order valence-corrected chi connectivity index (χ4v) is 1.92. The lowest BCUT2D eigenvalue weighted by molar-refractivity contribution is 0.570. The summed E-state index contributed by atoms with van der Waals surface area (Å²) in [5, 5.41) is 8.72. The fraction of sp³-hybridized carbons (Fsp3) is 0.364. The van der Waals surface area contributed by atoms with Crippen molar-refractivity contribution in [2.24, 2.45) is 5.73 Å². The molecule has 2 heteroatoms. The molecule has 2 N–H and O–H groups in total. The maximum absolute atomic E-state index is 8.72. The molecule has 1 aliphatic rings. The molecule has 0 aliphatic heterocycles. The molecule has 2 rings (SSSR count). The normalized spacial score (nSPS) is 20.5. The maximum atomic E-state index is 8.72. The minimum atomic E-state index is 0.177. The SMILES string of the molecule is N#Cc1ccc2c(c1)CCC[C@@H]2N. The standard InChI is InChI=1S/C11H12N2/c12-7-8-4-5-10-9(6-8)2-1-3-11(10)13/h4-6,11H,1-3,13H2/t11-/m0/s1. The van der Waals surface area contributed by atoms with E-state index in [1.54, 1.807) is 0 Å². The van der Waals surface area contributed by atoms with Gasteiger partial charge in [-0.25, -0.2) is 0 Å². The van der Waals surface area contributed by atoms with Crippen molar-refractivity contribution < 1.29 is 0 Å². The van der Waals surface area contributed by atoms with Gasteiger partial charge in [-0.3, -0.25) is 0 Å². The highest BCUT2D eigenvalue weighted by molar-refractivity contribution is 5.40. The van der Waals surface area contributed by atoms with Gasteiger partial charge in [0.2, 0.25) is 0 Å². The second-order valence-corrected chi connectivity index (χ2v) is 3.52. The van der Waals surface area contributed by atoms with Crippen molar-refractivity contribution in [1.82, 2.24) is 0 Å². The number of fused-ring (bicyclic) bond motifs is 1. The molecule has 0 aromatic heterocycles. The Hall–Kier alpha value is -1.33. The Morgan fingerprint density at radius 3 is 3.08 bits per heavy atom. The van der Waals surface area contributed by atoms with Gasteiger partial charge in [-0.05, 0) is 42.5 Å². The lowest BCUT2D eigenvalue weighted by Crippen LogP contribution is -2.17. The molecule has 0 amide bonds. The number of hydrogen-bond donors (Lipinski definition) is 1. The molecule has 1 aromatic carbocycles. The maximum Gasteiger partial charge on any atom is 0.0991 e. The first kappa shape index (κ1) is 8.28. The zero-order valence-electron chi connectivity index (χ0n) is 7.46. The summed E-state index contributed by atoms with van der Waals surface area (Å²) in [7, 11) is 0. The van der Waals surface area contributed by atoms with Crippen molar-refractivity contribution >= 4 is 0 Å². The molecular formula is C11H12N2. The van der Waals surface area contributed by atoms with Crippen LogP contribution in [0.3, 0.4) is 0 Å². The first-order valence-electron chi connectivity index (χ1n) is 4.60. The Balaban J connectivity index is 2.47.